The van der Waals surface area contributed by atoms with E-state index < -0.39 is 0 Å². The number of carbonyl (C=O) groups is 1. The van der Waals surface area contributed by atoms with Gasteiger partial charge in [-0.3, -0.25) is 0 Å². The molecular weight excluding hydrogens is 216 g/mol. The van der Waals surface area contributed by atoms with Gasteiger partial charge in [-0.05, 0) is 25.7 Å². The van der Waals surface area contributed by atoms with Crippen LogP contribution in [0.15, 0.2) is 0 Å². The number of rotatable bonds is 3. The largest absolute Gasteiger partial charge is 0.393 e. The molecule has 0 aromatic carbocycles. The van der Waals surface area contributed by atoms with Crippen molar-refractivity contribution in [2.45, 2.75) is 63.5 Å². The van der Waals surface area contributed by atoms with E-state index in [9.17, 15) is 9.90 Å². The molecule has 0 aromatic heterocycles. The molecule has 2 atom stereocenters. The van der Waals surface area contributed by atoms with Crippen molar-refractivity contribution in [2.75, 3.05) is 6.54 Å². The summed E-state index contributed by atoms with van der Waals surface area (Å²) >= 11 is 0. The Bertz CT molecular complexity index is 252. The SMILES string of the molecule is O=C(NCC1CCCC1O)NC1CCCCC1. The highest BCUT2D eigenvalue weighted by atomic mass is 16.3. The Morgan fingerprint density at radius 2 is 1.82 bits per heavy atom. The number of carbonyl (C=O) groups excluding carboxylic acids is 1. The van der Waals surface area contributed by atoms with E-state index in [4.69, 9.17) is 0 Å². The molecule has 2 aliphatic carbocycles. The number of aliphatic hydroxyl groups excluding tert-OH is 1. The fraction of sp³-hybridized carbons (Fsp3) is 0.923. The first-order valence-corrected chi connectivity index (χ1v) is 6.98. The molecule has 17 heavy (non-hydrogen) atoms. The summed E-state index contributed by atoms with van der Waals surface area (Å²) < 4.78 is 0. The third-order valence-electron chi connectivity index (χ3n) is 4.08. The molecule has 2 saturated carbocycles. The van der Waals surface area contributed by atoms with Gasteiger partial charge in [-0.1, -0.05) is 25.7 Å². The number of amides is 2. The van der Waals surface area contributed by atoms with Crippen LogP contribution in [0.2, 0.25) is 0 Å². The number of aliphatic hydroxyl groups is 1. The van der Waals surface area contributed by atoms with Crippen LogP contribution < -0.4 is 10.6 Å². The molecule has 0 saturated heterocycles. The molecule has 2 amide bonds. The Hall–Kier alpha value is -0.770. The highest BCUT2D eigenvalue weighted by molar-refractivity contribution is 5.74. The molecule has 0 radical (unpaired) electrons. The standard InChI is InChI=1S/C13H24N2O2/c16-12-8-4-5-10(12)9-14-13(17)15-11-6-2-1-3-7-11/h10-12,16H,1-9H2,(H2,14,15,17). The number of hydrogen-bond acceptors (Lipinski definition) is 2. The molecule has 2 aliphatic rings. The normalized spacial score (nSPS) is 30.2. The van der Waals surface area contributed by atoms with Gasteiger partial charge in [0.25, 0.3) is 0 Å². The summed E-state index contributed by atoms with van der Waals surface area (Å²) in [6.07, 6.45) is 8.76. The zero-order valence-corrected chi connectivity index (χ0v) is 10.5. The van der Waals surface area contributed by atoms with Crippen LogP contribution >= 0.6 is 0 Å². The van der Waals surface area contributed by atoms with Crippen molar-refractivity contribution in [2.24, 2.45) is 5.92 Å². The topological polar surface area (TPSA) is 61.4 Å². The quantitative estimate of drug-likeness (QED) is 0.704. The van der Waals surface area contributed by atoms with E-state index >= 15 is 0 Å². The molecule has 0 aromatic rings. The van der Waals surface area contributed by atoms with E-state index in [-0.39, 0.29) is 18.1 Å². The zero-order valence-electron chi connectivity index (χ0n) is 10.5. The molecular formula is C13H24N2O2. The Morgan fingerprint density at radius 1 is 1.06 bits per heavy atom. The molecule has 2 fully saturated rings. The fourth-order valence-electron chi connectivity index (χ4n) is 2.96. The summed E-state index contributed by atoms with van der Waals surface area (Å²) in [5, 5.41) is 15.6. The predicted octanol–water partition coefficient (Wildman–Crippen LogP) is 1.78. The minimum Gasteiger partial charge on any atom is -0.393 e. The zero-order chi connectivity index (χ0) is 12.1. The lowest BCUT2D eigenvalue weighted by molar-refractivity contribution is 0.132. The van der Waals surface area contributed by atoms with Crippen molar-refractivity contribution in [3.05, 3.63) is 0 Å². The first-order chi connectivity index (χ1) is 8.25. The van der Waals surface area contributed by atoms with Crippen LogP contribution in [-0.2, 0) is 0 Å². The molecule has 0 aliphatic heterocycles. The Kier molecular flexibility index (Phi) is 4.66. The van der Waals surface area contributed by atoms with Crippen molar-refractivity contribution in [1.82, 2.24) is 10.6 Å². The van der Waals surface area contributed by atoms with Crippen LogP contribution in [0, 0.1) is 5.92 Å². The van der Waals surface area contributed by atoms with Gasteiger partial charge >= 0.3 is 6.03 Å². The molecule has 4 heteroatoms. The predicted molar refractivity (Wildman–Crippen MR) is 66.8 cm³/mol. The van der Waals surface area contributed by atoms with E-state index in [1.54, 1.807) is 0 Å². The smallest absolute Gasteiger partial charge is 0.315 e. The fourth-order valence-corrected chi connectivity index (χ4v) is 2.96. The lowest BCUT2D eigenvalue weighted by Gasteiger charge is -2.23. The third-order valence-corrected chi connectivity index (χ3v) is 4.08. The summed E-state index contributed by atoms with van der Waals surface area (Å²) in [4.78, 5) is 11.7. The van der Waals surface area contributed by atoms with E-state index in [0.717, 1.165) is 32.1 Å². The highest BCUT2D eigenvalue weighted by Gasteiger charge is 2.25. The lowest BCUT2D eigenvalue weighted by atomic mass is 9.96. The van der Waals surface area contributed by atoms with Crippen molar-refractivity contribution in [3.8, 4) is 0 Å². The minimum absolute atomic E-state index is 0.0593. The highest BCUT2D eigenvalue weighted by Crippen LogP contribution is 2.24. The van der Waals surface area contributed by atoms with Crippen molar-refractivity contribution >= 4 is 6.03 Å². The minimum atomic E-state index is -0.218. The second-order valence-electron chi connectivity index (χ2n) is 5.45. The maximum Gasteiger partial charge on any atom is 0.315 e. The lowest BCUT2D eigenvalue weighted by Crippen LogP contribution is -2.45. The van der Waals surface area contributed by atoms with E-state index in [1.165, 1.54) is 19.3 Å². The van der Waals surface area contributed by atoms with Crippen LogP contribution in [0.25, 0.3) is 0 Å². The number of urea groups is 1. The van der Waals surface area contributed by atoms with Crippen molar-refractivity contribution < 1.29 is 9.90 Å². The van der Waals surface area contributed by atoms with Gasteiger partial charge < -0.3 is 15.7 Å². The maximum atomic E-state index is 11.7. The third kappa shape index (κ3) is 3.87. The number of nitrogens with one attached hydrogen (secondary N) is 2. The van der Waals surface area contributed by atoms with Gasteiger partial charge in [0.15, 0.2) is 0 Å². The molecule has 3 N–H and O–H groups in total. The van der Waals surface area contributed by atoms with Crippen LogP contribution in [0.3, 0.4) is 0 Å². The average Bonchev–Trinajstić information content (AvgIpc) is 2.74. The average molecular weight is 240 g/mol. The molecule has 2 unspecified atom stereocenters. The summed E-state index contributed by atoms with van der Waals surface area (Å²) in [6, 6.07) is 0.299. The van der Waals surface area contributed by atoms with E-state index in [2.05, 4.69) is 10.6 Å². The van der Waals surface area contributed by atoms with Crippen LogP contribution in [0.5, 0.6) is 0 Å². The molecule has 0 bridgehead atoms. The van der Waals surface area contributed by atoms with Crippen LogP contribution in [0.1, 0.15) is 51.4 Å². The summed E-state index contributed by atoms with van der Waals surface area (Å²) in [5.41, 5.74) is 0. The first kappa shape index (κ1) is 12.7. The number of hydrogen-bond donors (Lipinski definition) is 3. The molecule has 4 nitrogen and oxygen atoms in total. The van der Waals surface area contributed by atoms with Gasteiger partial charge in [-0.2, -0.15) is 0 Å². The maximum absolute atomic E-state index is 11.7. The van der Waals surface area contributed by atoms with Crippen molar-refractivity contribution in [3.63, 3.8) is 0 Å². The summed E-state index contributed by atoms with van der Waals surface area (Å²) in [5.74, 6) is 0.257. The second-order valence-corrected chi connectivity index (χ2v) is 5.45. The Balaban J connectivity index is 1.63. The van der Waals surface area contributed by atoms with Gasteiger partial charge in [0.2, 0.25) is 0 Å². The summed E-state index contributed by atoms with van der Waals surface area (Å²) in [6.45, 7) is 0.611. The van der Waals surface area contributed by atoms with Gasteiger partial charge in [-0.25, -0.2) is 4.79 Å². The first-order valence-electron chi connectivity index (χ1n) is 6.98. The van der Waals surface area contributed by atoms with Crippen LogP contribution in [0.4, 0.5) is 4.79 Å². The van der Waals surface area contributed by atoms with Gasteiger partial charge in [-0.15, -0.1) is 0 Å². The van der Waals surface area contributed by atoms with Crippen molar-refractivity contribution in [1.29, 1.82) is 0 Å². The van der Waals surface area contributed by atoms with Crippen LogP contribution in [-0.4, -0.2) is 29.8 Å². The Labute approximate surface area is 103 Å². The molecule has 0 spiro atoms. The molecule has 98 valence electrons. The molecule has 0 heterocycles. The van der Waals surface area contributed by atoms with E-state index in [0.29, 0.717) is 12.6 Å². The van der Waals surface area contributed by atoms with Gasteiger partial charge in [0.1, 0.15) is 0 Å². The summed E-state index contributed by atoms with van der Waals surface area (Å²) in [7, 11) is 0. The molecule has 2 rings (SSSR count). The van der Waals surface area contributed by atoms with Gasteiger partial charge in [0, 0.05) is 18.5 Å². The van der Waals surface area contributed by atoms with E-state index in [1.807, 2.05) is 0 Å². The second kappa shape index (κ2) is 6.24. The monoisotopic (exact) mass is 240 g/mol. The Morgan fingerprint density at radius 3 is 2.47 bits per heavy atom. The van der Waals surface area contributed by atoms with Gasteiger partial charge in [0.05, 0.1) is 6.10 Å².